The average molecular weight is 146 g/mol. The van der Waals surface area contributed by atoms with Crippen LogP contribution in [0.15, 0.2) is 12.3 Å². The van der Waals surface area contributed by atoms with Crippen molar-refractivity contribution in [2.24, 2.45) is 5.73 Å². The number of rotatable bonds is 3. The van der Waals surface area contributed by atoms with Crippen LogP contribution in [0, 0.1) is 0 Å². The second kappa shape index (κ2) is 3.40. The predicted molar refractivity (Wildman–Crippen MR) is 35.7 cm³/mol. The van der Waals surface area contributed by atoms with Gasteiger partial charge >= 0.3 is 0 Å². The van der Waals surface area contributed by atoms with Crippen molar-refractivity contribution in [2.45, 2.75) is 11.7 Å². The summed E-state index contributed by atoms with van der Waals surface area (Å²) in [6, 6.07) is 0. The van der Waals surface area contributed by atoms with E-state index in [9.17, 15) is 9.90 Å². The van der Waals surface area contributed by atoms with E-state index in [0.717, 1.165) is 0 Å². The summed E-state index contributed by atoms with van der Waals surface area (Å²) in [5.41, 5.74) is 5.40. The van der Waals surface area contributed by atoms with E-state index >= 15 is 0 Å². The first kappa shape index (κ1) is 8.36. The van der Waals surface area contributed by atoms with Gasteiger partial charge in [-0.3, -0.25) is 0 Å². The largest absolute Gasteiger partial charge is 0.549 e. The number of hydrogen-bond acceptors (Lipinski definition) is 4. The van der Waals surface area contributed by atoms with E-state index in [2.05, 4.69) is 19.2 Å². The number of hydrogen-bond donors (Lipinski definition) is 2. The Hall–Kier alpha value is -0.640. The first-order valence-electron chi connectivity index (χ1n) is 2.36. The maximum Gasteiger partial charge on any atom is 0.0545 e. The molecule has 0 radical (unpaired) electrons. The summed E-state index contributed by atoms with van der Waals surface area (Å²) in [7, 11) is 0. The standard InChI is InChI=1S/C5H9NO2S/c1-3(6)2-4(9)5(7)8/h4,9H,1-2,6H2,(H,7,8)/p-1/t4-/m0/s1. The van der Waals surface area contributed by atoms with Crippen molar-refractivity contribution < 1.29 is 9.90 Å². The molecule has 0 heterocycles. The molecule has 0 aromatic carbocycles. The number of allylic oxidation sites excluding steroid dienone is 1. The monoisotopic (exact) mass is 146 g/mol. The molecular formula is C5H8NO2S-. The van der Waals surface area contributed by atoms with Crippen LogP contribution >= 0.6 is 12.6 Å². The smallest absolute Gasteiger partial charge is 0.0545 e. The van der Waals surface area contributed by atoms with Gasteiger partial charge < -0.3 is 15.6 Å². The zero-order chi connectivity index (χ0) is 7.44. The summed E-state index contributed by atoms with van der Waals surface area (Å²) in [5, 5.41) is 9.12. The lowest BCUT2D eigenvalue weighted by Crippen LogP contribution is -2.32. The highest BCUT2D eigenvalue weighted by Crippen LogP contribution is 2.02. The van der Waals surface area contributed by atoms with Gasteiger partial charge in [-0.1, -0.05) is 6.58 Å². The molecular weight excluding hydrogens is 138 g/mol. The van der Waals surface area contributed by atoms with Crippen molar-refractivity contribution in [3.63, 3.8) is 0 Å². The molecule has 0 aliphatic carbocycles. The van der Waals surface area contributed by atoms with E-state index in [1.807, 2.05) is 0 Å². The Kier molecular flexibility index (Phi) is 3.16. The SMILES string of the molecule is C=C(N)C[C@H](S)C(=O)[O-]. The first-order valence-corrected chi connectivity index (χ1v) is 2.88. The van der Waals surface area contributed by atoms with E-state index in [1.165, 1.54) is 0 Å². The van der Waals surface area contributed by atoms with Gasteiger partial charge in [0.1, 0.15) is 0 Å². The minimum atomic E-state index is -1.22. The van der Waals surface area contributed by atoms with Crippen LogP contribution < -0.4 is 10.8 Å². The lowest BCUT2D eigenvalue weighted by atomic mass is 10.2. The molecule has 0 aromatic heterocycles. The van der Waals surface area contributed by atoms with Crippen LogP contribution in [-0.4, -0.2) is 11.2 Å². The summed E-state index contributed by atoms with van der Waals surface area (Å²) in [6.45, 7) is 3.32. The first-order chi connectivity index (χ1) is 4.04. The highest BCUT2D eigenvalue weighted by Gasteiger charge is 2.02. The molecule has 0 bridgehead atoms. The summed E-state index contributed by atoms with van der Waals surface area (Å²) in [6.07, 6.45) is 0.158. The molecule has 2 N–H and O–H groups in total. The van der Waals surface area contributed by atoms with Crippen LogP contribution in [0.4, 0.5) is 0 Å². The predicted octanol–water partition coefficient (Wildman–Crippen LogP) is -1.10. The van der Waals surface area contributed by atoms with E-state index in [1.54, 1.807) is 0 Å². The fourth-order valence-electron chi connectivity index (χ4n) is 0.332. The molecule has 4 heteroatoms. The molecule has 0 fully saturated rings. The van der Waals surface area contributed by atoms with Gasteiger partial charge in [0.15, 0.2) is 0 Å². The number of carboxylic acids is 1. The van der Waals surface area contributed by atoms with Crippen molar-refractivity contribution >= 4 is 18.6 Å². The van der Waals surface area contributed by atoms with Gasteiger partial charge in [0.2, 0.25) is 0 Å². The fourth-order valence-corrected chi connectivity index (χ4v) is 0.566. The number of carbonyl (C=O) groups is 1. The maximum absolute atomic E-state index is 9.95. The minimum Gasteiger partial charge on any atom is -0.549 e. The van der Waals surface area contributed by atoms with Crippen LogP contribution in [0.2, 0.25) is 0 Å². The molecule has 0 saturated heterocycles. The highest BCUT2D eigenvalue weighted by molar-refractivity contribution is 7.81. The third-order valence-electron chi connectivity index (χ3n) is 0.728. The van der Waals surface area contributed by atoms with Gasteiger partial charge in [0, 0.05) is 17.4 Å². The van der Waals surface area contributed by atoms with Crippen molar-refractivity contribution in [3.05, 3.63) is 12.3 Å². The Balaban J connectivity index is 3.63. The number of carboxylic acid groups (broad SMARTS) is 1. The van der Waals surface area contributed by atoms with Crippen LogP contribution in [0.5, 0.6) is 0 Å². The fraction of sp³-hybridized carbons (Fsp3) is 0.400. The number of aliphatic carboxylic acids is 1. The zero-order valence-electron chi connectivity index (χ0n) is 4.83. The topological polar surface area (TPSA) is 66.2 Å². The average Bonchev–Trinajstić information content (AvgIpc) is 1.63. The molecule has 0 rings (SSSR count). The lowest BCUT2D eigenvalue weighted by Gasteiger charge is -2.09. The molecule has 0 saturated carbocycles. The molecule has 0 amide bonds. The van der Waals surface area contributed by atoms with Crippen molar-refractivity contribution in [1.82, 2.24) is 0 Å². The van der Waals surface area contributed by atoms with Gasteiger partial charge in [-0.2, -0.15) is 12.6 Å². The number of carbonyl (C=O) groups excluding carboxylic acids is 1. The number of thiol groups is 1. The van der Waals surface area contributed by atoms with Gasteiger partial charge in [-0.15, -0.1) is 0 Å². The van der Waals surface area contributed by atoms with Gasteiger partial charge in [-0.05, 0) is 0 Å². The minimum absolute atomic E-state index is 0.158. The molecule has 52 valence electrons. The summed E-state index contributed by atoms with van der Waals surface area (Å²) >= 11 is 3.66. The quantitative estimate of drug-likeness (QED) is 0.496. The third-order valence-corrected chi connectivity index (χ3v) is 1.12. The summed E-state index contributed by atoms with van der Waals surface area (Å²) in [5.74, 6) is -1.22. The molecule has 3 nitrogen and oxygen atoms in total. The van der Waals surface area contributed by atoms with E-state index < -0.39 is 11.2 Å². The van der Waals surface area contributed by atoms with Gasteiger partial charge in [0.25, 0.3) is 0 Å². The molecule has 9 heavy (non-hydrogen) atoms. The lowest BCUT2D eigenvalue weighted by molar-refractivity contribution is -0.304. The molecule has 1 atom stereocenters. The van der Waals surface area contributed by atoms with Crippen LogP contribution in [0.1, 0.15) is 6.42 Å². The maximum atomic E-state index is 9.95. The summed E-state index contributed by atoms with van der Waals surface area (Å²) in [4.78, 5) is 9.95. The van der Waals surface area contributed by atoms with E-state index in [4.69, 9.17) is 5.73 Å². The molecule has 0 aliphatic rings. The van der Waals surface area contributed by atoms with Gasteiger partial charge in [-0.25, -0.2) is 0 Å². The molecule has 0 spiro atoms. The van der Waals surface area contributed by atoms with Crippen molar-refractivity contribution in [2.75, 3.05) is 0 Å². The summed E-state index contributed by atoms with van der Waals surface area (Å²) < 4.78 is 0. The van der Waals surface area contributed by atoms with Crippen LogP contribution in [0.3, 0.4) is 0 Å². The van der Waals surface area contributed by atoms with Crippen molar-refractivity contribution in [1.29, 1.82) is 0 Å². The van der Waals surface area contributed by atoms with Crippen molar-refractivity contribution in [3.8, 4) is 0 Å². The Bertz CT molecular complexity index is 135. The Labute approximate surface area is 59.0 Å². The Morgan fingerprint density at radius 1 is 1.89 bits per heavy atom. The second-order valence-corrected chi connectivity index (χ2v) is 2.32. The zero-order valence-corrected chi connectivity index (χ0v) is 5.73. The molecule has 0 unspecified atom stereocenters. The van der Waals surface area contributed by atoms with Crippen LogP contribution in [0.25, 0.3) is 0 Å². The Morgan fingerprint density at radius 3 is 2.44 bits per heavy atom. The molecule has 0 aliphatic heterocycles. The van der Waals surface area contributed by atoms with Gasteiger partial charge in [0.05, 0.1) is 5.97 Å². The van der Waals surface area contributed by atoms with E-state index in [0.29, 0.717) is 5.70 Å². The Morgan fingerprint density at radius 2 is 2.33 bits per heavy atom. The van der Waals surface area contributed by atoms with E-state index in [-0.39, 0.29) is 6.42 Å². The molecule has 0 aromatic rings. The highest BCUT2D eigenvalue weighted by atomic mass is 32.1. The number of nitrogens with two attached hydrogens (primary N) is 1. The normalized spacial score (nSPS) is 12.6. The van der Waals surface area contributed by atoms with Crippen LogP contribution in [-0.2, 0) is 4.79 Å². The second-order valence-electron chi connectivity index (χ2n) is 1.70. The third kappa shape index (κ3) is 3.90.